The number of aromatic nitrogens is 2. The molecule has 3 N–H and O–H groups in total. The van der Waals surface area contributed by atoms with Crippen molar-refractivity contribution in [1.29, 1.82) is 0 Å². The number of hydrogen-bond donors (Lipinski definition) is 3. The van der Waals surface area contributed by atoms with Crippen LogP contribution in [0.25, 0.3) is 11.3 Å². The molecule has 0 radical (unpaired) electrons. The van der Waals surface area contributed by atoms with E-state index in [0.717, 1.165) is 25.0 Å². The van der Waals surface area contributed by atoms with Gasteiger partial charge in [-0.05, 0) is 43.2 Å². The van der Waals surface area contributed by atoms with Crippen LogP contribution in [-0.4, -0.2) is 33.4 Å². The van der Waals surface area contributed by atoms with E-state index in [1.54, 1.807) is 36.4 Å². The van der Waals surface area contributed by atoms with Gasteiger partial charge in [-0.3, -0.25) is 4.79 Å². The molecule has 1 aromatic heterocycles. The van der Waals surface area contributed by atoms with Gasteiger partial charge in [-0.1, -0.05) is 41.8 Å². The Balaban J connectivity index is 1.60. The highest BCUT2D eigenvalue weighted by atomic mass is 35.5. The maximum Gasteiger partial charge on any atom is 0.342 e. The molecule has 1 aliphatic rings. The number of carbonyl (C=O) groups excluding carboxylic acids is 2. The van der Waals surface area contributed by atoms with Gasteiger partial charge in [0.05, 0.1) is 27.0 Å². The van der Waals surface area contributed by atoms with Gasteiger partial charge in [-0.15, -0.1) is 6.58 Å². The van der Waals surface area contributed by atoms with Gasteiger partial charge in [0.2, 0.25) is 0 Å². The Morgan fingerprint density at radius 3 is 2.52 bits per heavy atom. The molecule has 3 aromatic rings. The van der Waals surface area contributed by atoms with Gasteiger partial charge >= 0.3 is 6.03 Å². The number of rotatable bonds is 6. The summed E-state index contributed by atoms with van der Waals surface area (Å²) in [6.07, 6.45) is 4.68. The number of amides is 2. The monoisotopic (exact) mass is 484 g/mol. The number of phenols is 1. The number of aromatic hydroxyl groups is 1. The molecule has 1 aliphatic carbocycles. The standard InChI is InChI=1S/C24H22Cl2N4O3/c1-2-11-27-24(33)30-20(14-5-3-6-14)13-19(29-30)16-10-9-15(12-21(16)31)28-23(32)22-17(25)7-4-8-18(22)26/h2,4,7-10,12-14,31H,1,3,5-6,11H2,(H,27,33)(H,28,32). The number of anilines is 1. The topological polar surface area (TPSA) is 96.3 Å². The predicted octanol–water partition coefficient (Wildman–Crippen LogP) is 5.83. The first-order chi connectivity index (χ1) is 15.9. The largest absolute Gasteiger partial charge is 0.507 e. The van der Waals surface area contributed by atoms with E-state index < -0.39 is 5.91 Å². The van der Waals surface area contributed by atoms with Crippen LogP contribution in [0.1, 0.15) is 41.2 Å². The molecule has 0 bridgehead atoms. The molecule has 1 saturated carbocycles. The Hall–Kier alpha value is -3.29. The summed E-state index contributed by atoms with van der Waals surface area (Å²) in [5.74, 6) is -0.329. The zero-order chi connectivity index (χ0) is 23.5. The number of hydrogen-bond acceptors (Lipinski definition) is 4. The molecular formula is C24H22Cl2N4O3. The predicted molar refractivity (Wildman–Crippen MR) is 129 cm³/mol. The molecule has 0 aliphatic heterocycles. The Bertz CT molecular complexity index is 1210. The highest BCUT2D eigenvalue weighted by Crippen LogP contribution is 2.39. The van der Waals surface area contributed by atoms with Crippen LogP contribution >= 0.6 is 23.2 Å². The number of nitrogens with one attached hydrogen (secondary N) is 2. The summed E-state index contributed by atoms with van der Waals surface area (Å²) in [6, 6.07) is 11.0. The van der Waals surface area contributed by atoms with Gasteiger partial charge in [0.25, 0.3) is 5.91 Å². The fourth-order valence-electron chi connectivity index (χ4n) is 3.65. The molecule has 0 unspecified atom stereocenters. The van der Waals surface area contributed by atoms with Gasteiger partial charge < -0.3 is 15.7 Å². The average molecular weight is 485 g/mol. The number of phenolic OH excluding ortho intramolecular Hbond substituents is 1. The Morgan fingerprint density at radius 2 is 1.91 bits per heavy atom. The fourth-order valence-corrected chi connectivity index (χ4v) is 4.22. The zero-order valence-corrected chi connectivity index (χ0v) is 19.2. The molecule has 4 rings (SSSR count). The van der Waals surface area contributed by atoms with Crippen LogP contribution in [0, 0.1) is 0 Å². The lowest BCUT2D eigenvalue weighted by atomic mass is 9.82. The van der Waals surface area contributed by atoms with Crippen molar-refractivity contribution in [2.24, 2.45) is 0 Å². The van der Waals surface area contributed by atoms with Gasteiger partial charge in [0, 0.05) is 29.8 Å². The second-order valence-electron chi connectivity index (χ2n) is 7.75. The average Bonchev–Trinajstić information content (AvgIpc) is 3.15. The molecular weight excluding hydrogens is 463 g/mol. The highest BCUT2D eigenvalue weighted by molar-refractivity contribution is 6.40. The molecule has 0 atom stereocenters. The molecule has 2 amide bonds. The second kappa shape index (κ2) is 9.68. The molecule has 9 heteroatoms. The van der Waals surface area contributed by atoms with Crippen molar-refractivity contribution in [3.63, 3.8) is 0 Å². The summed E-state index contributed by atoms with van der Waals surface area (Å²) in [6.45, 7) is 3.94. The third-order valence-electron chi connectivity index (χ3n) is 5.57. The lowest BCUT2D eigenvalue weighted by Crippen LogP contribution is -2.32. The maximum atomic E-state index is 12.6. The molecule has 7 nitrogen and oxygen atoms in total. The van der Waals surface area contributed by atoms with Crippen molar-refractivity contribution in [2.75, 3.05) is 11.9 Å². The molecule has 170 valence electrons. The van der Waals surface area contributed by atoms with Crippen LogP contribution in [0.3, 0.4) is 0 Å². The third kappa shape index (κ3) is 4.74. The number of benzene rings is 2. The van der Waals surface area contributed by atoms with E-state index in [1.807, 2.05) is 6.07 Å². The van der Waals surface area contributed by atoms with Gasteiger partial charge in [-0.2, -0.15) is 9.78 Å². The maximum absolute atomic E-state index is 12.6. The van der Waals surface area contributed by atoms with E-state index in [-0.39, 0.29) is 33.3 Å². The third-order valence-corrected chi connectivity index (χ3v) is 6.20. The van der Waals surface area contributed by atoms with Crippen LogP contribution in [0.5, 0.6) is 5.75 Å². The normalized spacial score (nSPS) is 13.3. The summed E-state index contributed by atoms with van der Waals surface area (Å²) in [5.41, 5.74) is 2.23. The highest BCUT2D eigenvalue weighted by Gasteiger charge is 2.27. The SMILES string of the molecule is C=CCNC(=O)n1nc(-c2ccc(NC(=O)c3c(Cl)cccc3Cl)cc2O)cc1C1CCC1. The lowest BCUT2D eigenvalue weighted by molar-refractivity contribution is 0.102. The minimum Gasteiger partial charge on any atom is -0.507 e. The molecule has 1 fully saturated rings. The number of carbonyl (C=O) groups is 2. The number of halogens is 2. The molecule has 0 spiro atoms. The van der Waals surface area contributed by atoms with Gasteiger partial charge in [0.1, 0.15) is 5.75 Å². The molecule has 2 aromatic carbocycles. The van der Waals surface area contributed by atoms with Crippen LogP contribution in [0.4, 0.5) is 10.5 Å². The Morgan fingerprint density at radius 1 is 1.18 bits per heavy atom. The molecule has 0 saturated heterocycles. The van der Waals surface area contributed by atoms with Crippen LogP contribution in [0.2, 0.25) is 10.0 Å². The van der Waals surface area contributed by atoms with E-state index in [2.05, 4.69) is 22.3 Å². The van der Waals surface area contributed by atoms with E-state index in [4.69, 9.17) is 23.2 Å². The van der Waals surface area contributed by atoms with Crippen LogP contribution < -0.4 is 10.6 Å². The lowest BCUT2D eigenvalue weighted by Gasteiger charge is -2.25. The second-order valence-corrected chi connectivity index (χ2v) is 8.57. The van der Waals surface area contributed by atoms with Crippen LogP contribution in [-0.2, 0) is 0 Å². The van der Waals surface area contributed by atoms with E-state index in [9.17, 15) is 14.7 Å². The molecule has 1 heterocycles. The Labute approximate surface area is 201 Å². The van der Waals surface area contributed by atoms with Gasteiger partial charge in [-0.25, -0.2) is 4.79 Å². The van der Waals surface area contributed by atoms with Crippen molar-refractivity contribution in [2.45, 2.75) is 25.2 Å². The summed E-state index contributed by atoms with van der Waals surface area (Å²) in [5, 5.41) is 21.0. The van der Waals surface area contributed by atoms with Crippen molar-refractivity contribution >= 4 is 40.8 Å². The smallest absolute Gasteiger partial charge is 0.342 e. The Kier molecular flexibility index (Phi) is 6.72. The van der Waals surface area contributed by atoms with Crippen LogP contribution in [0.15, 0.2) is 55.1 Å². The van der Waals surface area contributed by atoms with E-state index in [0.29, 0.717) is 23.5 Å². The van der Waals surface area contributed by atoms with Crippen molar-refractivity contribution in [1.82, 2.24) is 15.1 Å². The van der Waals surface area contributed by atoms with Gasteiger partial charge in [0.15, 0.2) is 0 Å². The minimum atomic E-state index is -0.492. The van der Waals surface area contributed by atoms with Crippen molar-refractivity contribution in [3.8, 4) is 17.0 Å². The zero-order valence-electron chi connectivity index (χ0n) is 17.6. The van der Waals surface area contributed by atoms with Crippen molar-refractivity contribution < 1.29 is 14.7 Å². The summed E-state index contributed by atoms with van der Waals surface area (Å²) in [7, 11) is 0. The first-order valence-electron chi connectivity index (χ1n) is 10.5. The number of nitrogens with zero attached hydrogens (tertiary/aromatic N) is 2. The summed E-state index contributed by atoms with van der Waals surface area (Å²) >= 11 is 12.2. The minimum absolute atomic E-state index is 0.0886. The molecule has 33 heavy (non-hydrogen) atoms. The van der Waals surface area contributed by atoms with E-state index >= 15 is 0 Å². The fraction of sp³-hybridized carbons (Fsp3) is 0.208. The quantitative estimate of drug-likeness (QED) is 0.383. The van der Waals surface area contributed by atoms with E-state index in [1.165, 1.54) is 10.7 Å². The summed E-state index contributed by atoms with van der Waals surface area (Å²) < 4.78 is 1.36. The first-order valence-corrected chi connectivity index (χ1v) is 11.2. The first kappa shape index (κ1) is 22.9. The van der Waals surface area contributed by atoms with Crippen molar-refractivity contribution in [3.05, 3.63) is 76.4 Å². The summed E-state index contributed by atoms with van der Waals surface area (Å²) in [4.78, 5) is 25.2.